The zero-order valence-electron chi connectivity index (χ0n) is 9.94. The number of nitrogens with zero attached hydrogens (tertiary/aromatic N) is 3. The van der Waals surface area contributed by atoms with Crippen molar-refractivity contribution in [3.8, 4) is 6.07 Å². The van der Waals surface area contributed by atoms with E-state index in [9.17, 15) is 4.79 Å². The lowest BCUT2D eigenvalue weighted by Gasteiger charge is -2.22. The van der Waals surface area contributed by atoms with E-state index in [0.29, 0.717) is 11.6 Å². The maximum absolute atomic E-state index is 12.1. The molecule has 0 aliphatic heterocycles. The van der Waals surface area contributed by atoms with Crippen molar-refractivity contribution in [2.75, 3.05) is 6.54 Å². The smallest absolute Gasteiger partial charge is 0.292 e. The van der Waals surface area contributed by atoms with Crippen LogP contribution in [0.3, 0.4) is 0 Å². The molecule has 0 spiro atoms. The van der Waals surface area contributed by atoms with E-state index in [1.807, 2.05) is 19.9 Å². The van der Waals surface area contributed by atoms with Crippen molar-refractivity contribution in [2.24, 2.45) is 0 Å². The second-order valence-electron chi connectivity index (χ2n) is 3.83. The molecule has 0 saturated heterocycles. The van der Waals surface area contributed by atoms with E-state index in [0.717, 1.165) is 0 Å². The molecular weight excluding hydrogens is 206 g/mol. The number of amides is 1. The first kappa shape index (κ1) is 12.2. The van der Waals surface area contributed by atoms with Gasteiger partial charge in [-0.05, 0) is 20.8 Å². The zero-order valence-corrected chi connectivity index (χ0v) is 9.94. The highest BCUT2D eigenvalue weighted by Gasteiger charge is 2.24. The Labute approximate surface area is 94.7 Å². The predicted octanol–water partition coefficient (Wildman–Crippen LogP) is 1.67. The van der Waals surface area contributed by atoms with Crippen LogP contribution in [0.15, 0.2) is 4.42 Å². The average Bonchev–Trinajstić information content (AvgIpc) is 2.53. The summed E-state index contributed by atoms with van der Waals surface area (Å²) in [5.41, 5.74) is 0.561. The van der Waals surface area contributed by atoms with E-state index in [-0.39, 0.29) is 24.3 Å². The summed E-state index contributed by atoms with van der Waals surface area (Å²) >= 11 is 0. The summed E-state index contributed by atoms with van der Waals surface area (Å²) in [6.07, 6.45) is 0. The van der Waals surface area contributed by atoms with Gasteiger partial charge in [-0.25, -0.2) is 4.98 Å². The first-order valence-corrected chi connectivity index (χ1v) is 5.09. The molecule has 0 aromatic carbocycles. The summed E-state index contributed by atoms with van der Waals surface area (Å²) in [7, 11) is 0. The topological polar surface area (TPSA) is 70.1 Å². The molecule has 0 saturated carbocycles. The lowest BCUT2D eigenvalue weighted by molar-refractivity contribution is 0.0696. The van der Waals surface area contributed by atoms with Crippen molar-refractivity contribution in [3.63, 3.8) is 0 Å². The molecule has 5 heteroatoms. The van der Waals surface area contributed by atoms with Crippen molar-refractivity contribution < 1.29 is 9.21 Å². The highest BCUT2D eigenvalue weighted by atomic mass is 16.4. The molecule has 0 radical (unpaired) electrons. The van der Waals surface area contributed by atoms with Crippen LogP contribution in [0.2, 0.25) is 0 Å². The normalized spacial score (nSPS) is 10.2. The van der Waals surface area contributed by atoms with Crippen LogP contribution in [-0.2, 0) is 0 Å². The second-order valence-corrected chi connectivity index (χ2v) is 3.83. The Morgan fingerprint density at radius 2 is 2.19 bits per heavy atom. The number of aryl methyl sites for hydroxylation is 2. The van der Waals surface area contributed by atoms with Gasteiger partial charge >= 0.3 is 0 Å². The molecule has 0 N–H and O–H groups in total. The van der Waals surface area contributed by atoms with E-state index >= 15 is 0 Å². The number of carbonyl (C=O) groups is 1. The molecular formula is C11H15N3O2. The number of rotatable bonds is 3. The molecule has 1 heterocycles. The highest BCUT2D eigenvalue weighted by Crippen LogP contribution is 2.13. The summed E-state index contributed by atoms with van der Waals surface area (Å²) in [6, 6.07) is 1.92. The molecule has 1 rings (SSSR count). The number of nitriles is 1. The summed E-state index contributed by atoms with van der Waals surface area (Å²) < 4.78 is 5.24. The maximum atomic E-state index is 12.1. The van der Waals surface area contributed by atoms with Crippen LogP contribution in [0.1, 0.15) is 36.0 Å². The van der Waals surface area contributed by atoms with Crippen molar-refractivity contribution in [3.05, 3.63) is 17.3 Å². The van der Waals surface area contributed by atoms with Gasteiger partial charge in [0.15, 0.2) is 5.89 Å². The molecule has 86 valence electrons. The molecule has 0 bridgehead atoms. The quantitative estimate of drug-likeness (QED) is 0.728. The van der Waals surface area contributed by atoms with Gasteiger partial charge < -0.3 is 9.32 Å². The zero-order chi connectivity index (χ0) is 12.3. The SMILES string of the molecule is Cc1nc(C)c(C(=O)N(CC#N)C(C)C)o1. The minimum absolute atomic E-state index is 0.0445. The van der Waals surface area contributed by atoms with Gasteiger partial charge in [-0.2, -0.15) is 5.26 Å². The van der Waals surface area contributed by atoms with E-state index in [4.69, 9.17) is 9.68 Å². The summed E-state index contributed by atoms with van der Waals surface area (Å²) in [6.45, 7) is 7.17. The molecule has 0 atom stereocenters. The fraction of sp³-hybridized carbons (Fsp3) is 0.545. The van der Waals surface area contributed by atoms with Crippen LogP contribution in [0.5, 0.6) is 0 Å². The number of oxazole rings is 1. The van der Waals surface area contributed by atoms with Gasteiger partial charge in [0.05, 0.1) is 11.8 Å². The molecule has 1 aromatic heterocycles. The monoisotopic (exact) mass is 221 g/mol. The van der Waals surface area contributed by atoms with Gasteiger partial charge in [0, 0.05) is 13.0 Å². The Hall–Kier alpha value is -1.83. The Kier molecular flexibility index (Phi) is 3.67. The molecule has 0 fully saturated rings. The van der Waals surface area contributed by atoms with Crippen LogP contribution in [0.4, 0.5) is 0 Å². The number of aromatic nitrogens is 1. The number of hydrogen-bond donors (Lipinski definition) is 0. The van der Waals surface area contributed by atoms with Crippen LogP contribution in [0, 0.1) is 25.2 Å². The maximum Gasteiger partial charge on any atom is 0.292 e. The minimum atomic E-state index is -0.283. The number of hydrogen-bond acceptors (Lipinski definition) is 4. The first-order chi connectivity index (χ1) is 7.47. The minimum Gasteiger partial charge on any atom is -0.436 e. The summed E-state index contributed by atoms with van der Waals surface area (Å²) in [5, 5.41) is 8.67. The largest absolute Gasteiger partial charge is 0.436 e. The van der Waals surface area contributed by atoms with E-state index < -0.39 is 0 Å². The van der Waals surface area contributed by atoms with Crippen molar-refractivity contribution >= 4 is 5.91 Å². The molecule has 1 aromatic rings. The van der Waals surface area contributed by atoms with Crippen molar-refractivity contribution in [1.82, 2.24) is 9.88 Å². The fourth-order valence-electron chi connectivity index (χ4n) is 1.43. The van der Waals surface area contributed by atoms with Gasteiger partial charge in [-0.15, -0.1) is 0 Å². The van der Waals surface area contributed by atoms with Crippen molar-refractivity contribution in [2.45, 2.75) is 33.7 Å². The van der Waals surface area contributed by atoms with Crippen LogP contribution >= 0.6 is 0 Å². The van der Waals surface area contributed by atoms with Gasteiger partial charge in [0.25, 0.3) is 5.91 Å². The fourth-order valence-corrected chi connectivity index (χ4v) is 1.43. The second kappa shape index (κ2) is 4.79. The number of carbonyl (C=O) groups excluding carboxylic acids is 1. The van der Waals surface area contributed by atoms with E-state index in [2.05, 4.69) is 4.98 Å². The molecule has 1 amide bonds. The Bertz CT molecular complexity index is 429. The Morgan fingerprint density at radius 3 is 2.56 bits per heavy atom. The van der Waals surface area contributed by atoms with Gasteiger partial charge in [-0.3, -0.25) is 4.79 Å². The van der Waals surface area contributed by atoms with E-state index in [1.165, 1.54) is 4.90 Å². The molecule has 0 unspecified atom stereocenters. The standard InChI is InChI=1S/C11H15N3O2/c1-7(2)14(6-5-12)11(15)10-8(3)13-9(4)16-10/h7H,6H2,1-4H3. The first-order valence-electron chi connectivity index (χ1n) is 5.09. The average molecular weight is 221 g/mol. The third-order valence-electron chi connectivity index (χ3n) is 2.22. The highest BCUT2D eigenvalue weighted by molar-refractivity contribution is 5.92. The van der Waals surface area contributed by atoms with Gasteiger partial charge in [0.1, 0.15) is 6.54 Å². The molecule has 16 heavy (non-hydrogen) atoms. The summed E-state index contributed by atoms with van der Waals surface area (Å²) in [4.78, 5) is 17.5. The van der Waals surface area contributed by atoms with Gasteiger partial charge in [0.2, 0.25) is 5.76 Å². The van der Waals surface area contributed by atoms with Crippen LogP contribution in [-0.4, -0.2) is 28.4 Å². The van der Waals surface area contributed by atoms with Gasteiger partial charge in [-0.1, -0.05) is 0 Å². The van der Waals surface area contributed by atoms with Crippen LogP contribution in [0.25, 0.3) is 0 Å². The third kappa shape index (κ3) is 2.40. The molecule has 5 nitrogen and oxygen atoms in total. The Morgan fingerprint density at radius 1 is 1.56 bits per heavy atom. The Balaban J connectivity index is 3.00. The molecule has 0 aliphatic rings. The molecule has 0 aliphatic carbocycles. The van der Waals surface area contributed by atoms with E-state index in [1.54, 1.807) is 13.8 Å². The lowest BCUT2D eigenvalue weighted by atomic mass is 10.2. The van der Waals surface area contributed by atoms with Crippen LogP contribution < -0.4 is 0 Å². The predicted molar refractivity (Wildman–Crippen MR) is 57.8 cm³/mol. The lowest BCUT2D eigenvalue weighted by Crippen LogP contribution is -2.37. The summed E-state index contributed by atoms with van der Waals surface area (Å²) in [5.74, 6) is 0.401. The van der Waals surface area contributed by atoms with Crippen molar-refractivity contribution in [1.29, 1.82) is 5.26 Å². The third-order valence-corrected chi connectivity index (χ3v) is 2.22.